The van der Waals surface area contributed by atoms with E-state index in [0.29, 0.717) is 5.39 Å². The number of carboxylic acid groups (broad SMARTS) is 1. The van der Waals surface area contributed by atoms with Crippen molar-refractivity contribution in [3.63, 3.8) is 0 Å². The quantitative estimate of drug-likeness (QED) is 0.664. The summed E-state index contributed by atoms with van der Waals surface area (Å²) in [7, 11) is -3.58. The van der Waals surface area contributed by atoms with Crippen molar-refractivity contribution in [3.8, 4) is 0 Å². The van der Waals surface area contributed by atoms with E-state index in [0.717, 1.165) is 17.6 Å². The summed E-state index contributed by atoms with van der Waals surface area (Å²) in [6.07, 6.45) is 0.955. The Morgan fingerprint density at radius 2 is 2.12 bits per heavy atom. The number of sulfone groups is 1. The molecule has 90 valence electrons. The van der Waals surface area contributed by atoms with Crippen LogP contribution in [0.1, 0.15) is 9.67 Å². The topological polar surface area (TPSA) is 97.2 Å². The number of aromatic nitrogens is 2. The fraction of sp³-hybridized carbons (Fsp3) is 0.125. The summed E-state index contributed by atoms with van der Waals surface area (Å²) in [5.74, 6) is -1.12. The van der Waals surface area contributed by atoms with Gasteiger partial charge in [0.05, 0.1) is 0 Å². The molecule has 2 aromatic heterocycles. The molecule has 0 fully saturated rings. The number of hydrogen-bond donors (Lipinski definition) is 1. The number of hydrogen-bond acceptors (Lipinski definition) is 6. The maximum Gasteiger partial charge on any atom is 0.345 e. The third kappa shape index (κ3) is 2.24. The van der Waals surface area contributed by atoms with Crippen LogP contribution in [0.4, 0.5) is 0 Å². The van der Waals surface area contributed by atoms with Gasteiger partial charge in [0.15, 0.2) is 0 Å². The highest BCUT2D eigenvalue weighted by Crippen LogP contribution is 2.29. The van der Waals surface area contributed by atoms with Gasteiger partial charge in [-0.05, 0) is 6.07 Å². The van der Waals surface area contributed by atoms with E-state index in [-0.39, 0.29) is 14.9 Å². The smallest absolute Gasteiger partial charge is 0.345 e. The first-order chi connectivity index (χ1) is 7.79. The van der Waals surface area contributed by atoms with Gasteiger partial charge in [0.2, 0.25) is 15.0 Å². The van der Waals surface area contributed by atoms with Gasteiger partial charge in [-0.1, -0.05) is 11.6 Å². The lowest BCUT2D eigenvalue weighted by Crippen LogP contribution is -2.03. The summed E-state index contributed by atoms with van der Waals surface area (Å²) in [5, 5.41) is 8.66. The molecule has 0 bridgehead atoms. The van der Waals surface area contributed by atoms with Gasteiger partial charge < -0.3 is 5.11 Å². The average Bonchev–Trinajstić information content (AvgIpc) is 2.60. The lowest BCUT2D eigenvalue weighted by atomic mass is 10.4. The molecule has 17 heavy (non-hydrogen) atoms. The van der Waals surface area contributed by atoms with Crippen LogP contribution in [0, 0.1) is 0 Å². The molecule has 9 heteroatoms. The molecule has 1 N–H and O–H groups in total. The lowest BCUT2D eigenvalue weighted by Gasteiger charge is -1.97. The van der Waals surface area contributed by atoms with Crippen molar-refractivity contribution in [1.82, 2.24) is 9.97 Å². The number of rotatable bonds is 2. The van der Waals surface area contributed by atoms with Crippen molar-refractivity contribution < 1.29 is 18.3 Å². The second-order valence-electron chi connectivity index (χ2n) is 3.20. The highest BCUT2D eigenvalue weighted by Gasteiger charge is 2.18. The summed E-state index contributed by atoms with van der Waals surface area (Å²) in [5.41, 5.74) is 0. The zero-order valence-corrected chi connectivity index (χ0v) is 10.7. The van der Waals surface area contributed by atoms with Crippen LogP contribution >= 0.6 is 22.9 Å². The Bertz CT molecular complexity index is 722. The van der Waals surface area contributed by atoms with Crippen molar-refractivity contribution >= 4 is 49.0 Å². The Kier molecular flexibility index (Phi) is 2.80. The number of carbonyl (C=O) groups is 1. The van der Waals surface area contributed by atoms with Gasteiger partial charge in [-0.25, -0.2) is 23.2 Å². The number of aromatic carboxylic acids is 1. The fourth-order valence-electron chi connectivity index (χ4n) is 1.14. The first-order valence-electron chi connectivity index (χ1n) is 4.19. The lowest BCUT2D eigenvalue weighted by molar-refractivity contribution is 0.0702. The molecule has 0 aliphatic heterocycles. The first kappa shape index (κ1) is 12.2. The number of thiophene rings is 1. The van der Waals surface area contributed by atoms with Gasteiger partial charge in [-0.3, -0.25) is 0 Å². The maximum absolute atomic E-state index is 11.3. The average molecular weight is 293 g/mol. The summed E-state index contributed by atoms with van der Waals surface area (Å²) in [6, 6.07) is 1.32. The van der Waals surface area contributed by atoms with E-state index in [4.69, 9.17) is 16.7 Å². The third-order valence-corrected chi connectivity index (χ3v) is 4.02. The summed E-state index contributed by atoms with van der Waals surface area (Å²) < 4.78 is 22.5. The molecule has 0 unspecified atom stereocenters. The van der Waals surface area contributed by atoms with Crippen LogP contribution in [0.2, 0.25) is 5.15 Å². The Morgan fingerprint density at radius 1 is 1.47 bits per heavy atom. The van der Waals surface area contributed by atoms with Gasteiger partial charge in [-0.2, -0.15) is 0 Å². The standard InChI is InChI=1S/C8H5ClN2O4S2/c1-17(14,15)8-10-5(9)3-2-4(7(12)13)16-6(3)11-8/h2H,1H3,(H,12,13). The second kappa shape index (κ2) is 3.90. The van der Waals surface area contributed by atoms with Crippen LogP contribution in [-0.4, -0.2) is 35.7 Å². The van der Waals surface area contributed by atoms with Crippen molar-refractivity contribution in [1.29, 1.82) is 0 Å². The van der Waals surface area contributed by atoms with Gasteiger partial charge in [-0.15, -0.1) is 11.3 Å². The minimum atomic E-state index is -3.58. The molecule has 0 radical (unpaired) electrons. The molecule has 0 saturated heterocycles. The molecule has 2 heterocycles. The molecule has 0 aliphatic carbocycles. The highest BCUT2D eigenvalue weighted by molar-refractivity contribution is 7.90. The third-order valence-electron chi connectivity index (χ3n) is 1.87. The Labute approximate surface area is 105 Å². The van der Waals surface area contributed by atoms with Gasteiger partial charge in [0, 0.05) is 11.6 Å². The van der Waals surface area contributed by atoms with Crippen LogP contribution in [0.15, 0.2) is 11.2 Å². The van der Waals surface area contributed by atoms with Crippen molar-refractivity contribution in [2.75, 3.05) is 6.26 Å². The minimum absolute atomic E-state index is 0.0295. The minimum Gasteiger partial charge on any atom is -0.477 e. The van der Waals surface area contributed by atoms with Crippen LogP contribution in [0.5, 0.6) is 0 Å². The molecule has 0 aromatic carbocycles. The number of halogens is 1. The SMILES string of the molecule is CS(=O)(=O)c1nc(Cl)c2cc(C(=O)O)sc2n1. The predicted molar refractivity (Wildman–Crippen MR) is 62.5 cm³/mol. The van der Waals surface area contributed by atoms with Crippen molar-refractivity contribution in [2.45, 2.75) is 5.16 Å². The summed E-state index contributed by atoms with van der Waals surface area (Å²) in [4.78, 5) is 18.4. The van der Waals surface area contributed by atoms with E-state index >= 15 is 0 Å². The molecule has 6 nitrogen and oxygen atoms in total. The molecule has 0 amide bonds. The number of nitrogens with zero attached hydrogens (tertiary/aromatic N) is 2. The van der Waals surface area contributed by atoms with Crippen molar-refractivity contribution in [3.05, 3.63) is 16.1 Å². The highest BCUT2D eigenvalue weighted by atomic mass is 35.5. The Hall–Kier alpha value is -1.25. The fourth-order valence-corrected chi connectivity index (χ4v) is 2.91. The maximum atomic E-state index is 11.3. The summed E-state index contributed by atoms with van der Waals surface area (Å²) in [6.45, 7) is 0. The second-order valence-corrected chi connectivity index (χ2v) is 6.50. The monoisotopic (exact) mass is 292 g/mol. The Balaban J connectivity index is 2.78. The Morgan fingerprint density at radius 3 is 2.65 bits per heavy atom. The van der Waals surface area contributed by atoms with Crippen LogP contribution in [0.3, 0.4) is 0 Å². The van der Waals surface area contributed by atoms with E-state index in [1.165, 1.54) is 6.07 Å². The molecule has 2 rings (SSSR count). The molecule has 0 atom stereocenters. The zero-order chi connectivity index (χ0) is 12.8. The molecule has 0 spiro atoms. The van der Waals surface area contributed by atoms with Crippen LogP contribution in [-0.2, 0) is 9.84 Å². The van der Waals surface area contributed by atoms with E-state index in [1.54, 1.807) is 0 Å². The number of carboxylic acids is 1. The van der Waals surface area contributed by atoms with Gasteiger partial charge >= 0.3 is 5.97 Å². The van der Waals surface area contributed by atoms with E-state index in [1.807, 2.05) is 0 Å². The largest absolute Gasteiger partial charge is 0.477 e. The molecular formula is C8H5ClN2O4S2. The predicted octanol–water partition coefficient (Wildman–Crippen LogP) is 1.45. The zero-order valence-electron chi connectivity index (χ0n) is 8.34. The van der Waals surface area contributed by atoms with E-state index in [2.05, 4.69) is 9.97 Å². The van der Waals surface area contributed by atoms with Crippen LogP contribution in [0.25, 0.3) is 10.2 Å². The molecular weight excluding hydrogens is 288 g/mol. The van der Waals surface area contributed by atoms with Crippen molar-refractivity contribution in [2.24, 2.45) is 0 Å². The molecule has 0 aliphatic rings. The van der Waals surface area contributed by atoms with Gasteiger partial charge in [0.1, 0.15) is 14.9 Å². The molecule has 2 aromatic rings. The van der Waals surface area contributed by atoms with Gasteiger partial charge in [0.25, 0.3) is 0 Å². The first-order valence-corrected chi connectivity index (χ1v) is 7.28. The van der Waals surface area contributed by atoms with E-state index < -0.39 is 21.0 Å². The van der Waals surface area contributed by atoms with Crippen LogP contribution < -0.4 is 0 Å². The summed E-state index contributed by atoms with van der Waals surface area (Å²) >= 11 is 6.63. The normalized spacial score (nSPS) is 11.9. The number of fused-ring (bicyclic) bond motifs is 1. The molecule has 0 saturated carbocycles. The van der Waals surface area contributed by atoms with E-state index in [9.17, 15) is 13.2 Å².